The van der Waals surface area contributed by atoms with Crippen molar-refractivity contribution in [2.24, 2.45) is 0 Å². The highest BCUT2D eigenvalue weighted by atomic mass is 16.2. The number of carbonyl (C=O) groups is 4. The Morgan fingerprint density at radius 1 is 0.857 bits per heavy atom. The van der Waals surface area contributed by atoms with Gasteiger partial charge in [-0.15, -0.1) is 0 Å². The van der Waals surface area contributed by atoms with Crippen LogP contribution in [0.5, 0.6) is 0 Å². The fourth-order valence-corrected chi connectivity index (χ4v) is 2.51. The van der Waals surface area contributed by atoms with E-state index in [4.69, 9.17) is 0 Å². The van der Waals surface area contributed by atoms with Crippen molar-refractivity contribution < 1.29 is 19.2 Å². The first-order valence-electron chi connectivity index (χ1n) is 6.41. The summed E-state index contributed by atoms with van der Waals surface area (Å²) in [5.74, 6) is -2.30. The minimum absolute atomic E-state index is 0.285. The number of ketones is 2. The van der Waals surface area contributed by atoms with Crippen LogP contribution in [-0.2, 0) is 19.2 Å². The zero-order valence-electron chi connectivity index (χ0n) is 11.2. The van der Waals surface area contributed by atoms with Crippen LogP contribution in [0.25, 0.3) is 0 Å². The largest absolute Gasteiger partial charge is 0.294 e. The molecular weight excluding hydrogens is 270 g/mol. The molecule has 5 nitrogen and oxygen atoms in total. The van der Waals surface area contributed by atoms with Crippen LogP contribution in [0.4, 0.5) is 5.69 Å². The van der Waals surface area contributed by atoms with E-state index in [-0.39, 0.29) is 11.6 Å². The van der Waals surface area contributed by atoms with E-state index in [0.717, 1.165) is 10.5 Å². The maximum atomic E-state index is 11.8. The molecule has 2 amide bonds. The fourth-order valence-electron chi connectivity index (χ4n) is 2.51. The van der Waals surface area contributed by atoms with Crippen molar-refractivity contribution in [3.63, 3.8) is 0 Å². The first-order valence-corrected chi connectivity index (χ1v) is 6.41. The number of aryl methyl sites for hydroxylation is 1. The number of carbonyl (C=O) groups excluding carboxylic acids is 4. The zero-order chi connectivity index (χ0) is 15.1. The van der Waals surface area contributed by atoms with Gasteiger partial charge in [-0.1, -0.05) is 12.1 Å². The van der Waals surface area contributed by atoms with E-state index in [2.05, 4.69) is 0 Å². The highest BCUT2D eigenvalue weighted by molar-refractivity contribution is 6.28. The number of allylic oxidation sites excluding steroid dienone is 2. The van der Waals surface area contributed by atoms with Crippen molar-refractivity contribution in [2.45, 2.75) is 12.8 Å². The number of anilines is 1. The van der Waals surface area contributed by atoms with Gasteiger partial charge >= 0.3 is 0 Å². The van der Waals surface area contributed by atoms with Crippen molar-refractivity contribution in [1.29, 1.82) is 0 Å². The van der Waals surface area contributed by atoms with Gasteiger partial charge in [-0.2, -0.15) is 0 Å². The van der Waals surface area contributed by atoms with Crippen molar-refractivity contribution in [3.8, 4) is 0 Å². The lowest BCUT2D eigenvalue weighted by atomic mass is 9.93. The second-order valence-corrected chi connectivity index (χ2v) is 4.96. The van der Waals surface area contributed by atoms with Gasteiger partial charge in [0.1, 0.15) is 5.92 Å². The molecule has 5 heteroatoms. The number of hydrogen-bond donors (Lipinski definition) is 0. The third-order valence-corrected chi connectivity index (χ3v) is 3.60. The van der Waals surface area contributed by atoms with Gasteiger partial charge in [0.15, 0.2) is 11.6 Å². The fraction of sp³-hybridized carbons (Fsp3) is 0.125. The van der Waals surface area contributed by atoms with E-state index in [9.17, 15) is 19.2 Å². The Hall–Kier alpha value is -2.82. The Morgan fingerprint density at radius 2 is 1.43 bits per heavy atom. The predicted molar refractivity (Wildman–Crippen MR) is 74.7 cm³/mol. The topological polar surface area (TPSA) is 71.5 Å². The van der Waals surface area contributed by atoms with Crippen molar-refractivity contribution >= 4 is 29.1 Å². The van der Waals surface area contributed by atoms with Gasteiger partial charge in [0.25, 0.3) is 11.8 Å². The molecule has 0 unspecified atom stereocenters. The monoisotopic (exact) mass is 281 g/mol. The van der Waals surface area contributed by atoms with Crippen LogP contribution >= 0.6 is 0 Å². The van der Waals surface area contributed by atoms with Crippen molar-refractivity contribution in [1.82, 2.24) is 0 Å². The quantitative estimate of drug-likeness (QED) is 0.603. The third kappa shape index (κ3) is 2.03. The van der Waals surface area contributed by atoms with Crippen molar-refractivity contribution in [3.05, 3.63) is 53.6 Å². The van der Waals surface area contributed by atoms with Gasteiger partial charge < -0.3 is 0 Å². The molecule has 1 aromatic rings. The summed E-state index contributed by atoms with van der Waals surface area (Å²) in [4.78, 5) is 48.1. The third-order valence-electron chi connectivity index (χ3n) is 3.60. The number of benzene rings is 1. The standard InChI is InChI=1S/C16H11NO4/c1-9-2-3-10(16-12(18)4-5-13(16)19)8-11(9)17-14(20)6-7-15(17)21/h2-8,16H,1H3. The second kappa shape index (κ2) is 4.63. The molecule has 0 aromatic heterocycles. The molecule has 0 atom stereocenters. The van der Waals surface area contributed by atoms with Crippen molar-refractivity contribution in [2.75, 3.05) is 4.90 Å². The summed E-state index contributed by atoms with van der Waals surface area (Å²) in [6.45, 7) is 1.76. The summed E-state index contributed by atoms with van der Waals surface area (Å²) in [5, 5.41) is 0. The minimum Gasteiger partial charge on any atom is -0.294 e. The molecule has 1 aliphatic heterocycles. The Bertz CT molecular complexity index is 722. The second-order valence-electron chi connectivity index (χ2n) is 4.96. The van der Waals surface area contributed by atoms with Crippen LogP contribution in [0.2, 0.25) is 0 Å². The maximum Gasteiger partial charge on any atom is 0.258 e. The molecule has 0 saturated carbocycles. The summed E-state index contributed by atoms with van der Waals surface area (Å²) in [6, 6.07) is 4.93. The molecule has 0 saturated heterocycles. The van der Waals surface area contributed by atoms with Crippen LogP contribution in [0.3, 0.4) is 0 Å². The molecule has 2 aliphatic rings. The first kappa shape index (κ1) is 13.2. The van der Waals surface area contributed by atoms with Gasteiger partial charge in [-0.05, 0) is 36.3 Å². The van der Waals surface area contributed by atoms with Gasteiger partial charge in [0.05, 0.1) is 5.69 Å². The molecular formula is C16H11NO4. The smallest absolute Gasteiger partial charge is 0.258 e. The van der Waals surface area contributed by atoms with E-state index >= 15 is 0 Å². The van der Waals surface area contributed by atoms with E-state index in [1.165, 1.54) is 24.3 Å². The van der Waals surface area contributed by atoms with Crippen LogP contribution < -0.4 is 4.90 Å². The summed E-state index contributed by atoms with van der Waals surface area (Å²) in [5.41, 5.74) is 1.61. The molecule has 0 spiro atoms. The number of hydrogen-bond acceptors (Lipinski definition) is 4. The number of amides is 2. The van der Waals surface area contributed by atoms with Crippen LogP contribution in [0, 0.1) is 6.92 Å². The number of nitrogens with zero attached hydrogens (tertiary/aromatic N) is 1. The minimum atomic E-state index is -0.870. The van der Waals surface area contributed by atoms with E-state index in [1.54, 1.807) is 25.1 Å². The molecule has 0 radical (unpaired) electrons. The highest BCUT2D eigenvalue weighted by Gasteiger charge is 2.32. The molecule has 0 N–H and O–H groups in total. The number of rotatable bonds is 2. The Kier molecular flexibility index (Phi) is 2.90. The highest BCUT2D eigenvalue weighted by Crippen LogP contribution is 2.30. The van der Waals surface area contributed by atoms with Gasteiger partial charge in [0, 0.05) is 12.2 Å². The predicted octanol–water partition coefficient (Wildman–Crippen LogP) is 1.22. The molecule has 1 heterocycles. The molecule has 3 rings (SSSR count). The lowest BCUT2D eigenvalue weighted by Crippen LogP contribution is -2.30. The van der Waals surface area contributed by atoms with E-state index in [0.29, 0.717) is 11.3 Å². The van der Waals surface area contributed by atoms with Gasteiger partial charge in [0.2, 0.25) is 0 Å². The van der Waals surface area contributed by atoms with Crippen LogP contribution in [0.15, 0.2) is 42.5 Å². The normalized spacial score (nSPS) is 18.4. The summed E-state index contributed by atoms with van der Waals surface area (Å²) in [6.07, 6.45) is 4.89. The lowest BCUT2D eigenvalue weighted by Gasteiger charge is -2.19. The Morgan fingerprint density at radius 3 is 2.00 bits per heavy atom. The van der Waals surface area contributed by atoms with Gasteiger partial charge in [-0.25, -0.2) is 4.90 Å². The lowest BCUT2D eigenvalue weighted by molar-refractivity contribution is -0.123. The molecule has 0 bridgehead atoms. The zero-order valence-corrected chi connectivity index (χ0v) is 11.2. The SMILES string of the molecule is Cc1ccc(C2C(=O)C=CC2=O)cc1N1C(=O)C=CC1=O. The summed E-state index contributed by atoms with van der Waals surface area (Å²) < 4.78 is 0. The number of imide groups is 1. The molecule has 0 fully saturated rings. The average Bonchev–Trinajstić information content (AvgIpc) is 2.95. The van der Waals surface area contributed by atoms with E-state index in [1.807, 2.05) is 0 Å². The molecule has 1 aliphatic carbocycles. The van der Waals surface area contributed by atoms with Crippen LogP contribution in [-0.4, -0.2) is 23.4 Å². The first-order chi connectivity index (χ1) is 9.99. The van der Waals surface area contributed by atoms with Gasteiger partial charge in [-0.3, -0.25) is 19.2 Å². The Balaban J connectivity index is 2.05. The maximum absolute atomic E-state index is 11.8. The average molecular weight is 281 g/mol. The summed E-state index contributed by atoms with van der Waals surface area (Å²) >= 11 is 0. The van der Waals surface area contributed by atoms with Crippen LogP contribution in [0.1, 0.15) is 17.0 Å². The molecule has 104 valence electrons. The molecule has 1 aromatic carbocycles. The van der Waals surface area contributed by atoms with E-state index < -0.39 is 17.7 Å². The summed E-state index contributed by atoms with van der Waals surface area (Å²) in [7, 11) is 0. The Labute approximate surface area is 120 Å². The molecule has 21 heavy (non-hydrogen) atoms.